The zero-order valence-electron chi connectivity index (χ0n) is 12.4. The van der Waals surface area contributed by atoms with Crippen LogP contribution in [0.15, 0.2) is 24.3 Å². The molecule has 0 aliphatic heterocycles. The molecule has 0 aliphatic rings. The third-order valence-corrected chi connectivity index (χ3v) is 3.44. The summed E-state index contributed by atoms with van der Waals surface area (Å²) in [4.78, 5) is 11.3. The second-order valence-electron chi connectivity index (χ2n) is 5.46. The van der Waals surface area contributed by atoms with E-state index < -0.39 is 0 Å². The molecule has 0 amide bonds. The molecule has 1 aromatic carbocycles. The van der Waals surface area contributed by atoms with Gasteiger partial charge in [0.15, 0.2) is 0 Å². The number of hydrogen-bond acceptors (Lipinski definition) is 1. The number of Topliss-reactive ketones (excluding diaryl/α,β-unsaturated/α-hetero) is 1. The van der Waals surface area contributed by atoms with Crippen molar-refractivity contribution in [3.05, 3.63) is 52.3 Å². The zero-order chi connectivity index (χ0) is 14.2. The van der Waals surface area contributed by atoms with Crippen molar-refractivity contribution in [2.45, 2.75) is 41.0 Å². The quantitative estimate of drug-likeness (QED) is 0.816. The summed E-state index contributed by atoms with van der Waals surface area (Å²) in [6.07, 6.45) is 0.518. The average Bonchev–Trinajstić information content (AvgIpc) is 2.51. The van der Waals surface area contributed by atoms with Gasteiger partial charge in [0.25, 0.3) is 0 Å². The van der Waals surface area contributed by atoms with Crippen LogP contribution < -0.4 is 0 Å². The lowest BCUT2D eigenvalue weighted by Gasteiger charge is -2.12. The van der Waals surface area contributed by atoms with Crippen LogP contribution in [0.1, 0.15) is 35.0 Å². The van der Waals surface area contributed by atoms with Crippen LogP contribution in [0.5, 0.6) is 0 Å². The molecule has 1 aromatic heterocycles. The number of aromatic nitrogens is 1. The predicted molar refractivity (Wildman–Crippen MR) is 79.1 cm³/mol. The van der Waals surface area contributed by atoms with Gasteiger partial charge in [0.05, 0.1) is 0 Å². The Labute approximate surface area is 115 Å². The highest BCUT2D eigenvalue weighted by Crippen LogP contribution is 2.23. The normalized spacial score (nSPS) is 10.8. The predicted octanol–water partition coefficient (Wildman–Crippen LogP) is 3.84. The third-order valence-electron chi connectivity index (χ3n) is 3.44. The summed E-state index contributed by atoms with van der Waals surface area (Å²) in [5, 5.41) is 0. The van der Waals surface area contributed by atoms with E-state index in [4.69, 9.17) is 0 Å². The van der Waals surface area contributed by atoms with E-state index >= 15 is 0 Å². The highest BCUT2D eigenvalue weighted by molar-refractivity contribution is 5.78. The number of nitrogens with zero attached hydrogens (tertiary/aromatic N) is 1. The summed E-state index contributed by atoms with van der Waals surface area (Å²) in [7, 11) is 0. The second-order valence-corrected chi connectivity index (χ2v) is 5.46. The summed E-state index contributed by atoms with van der Waals surface area (Å²) in [5.74, 6) is 0.209. The van der Waals surface area contributed by atoms with Crippen molar-refractivity contribution < 1.29 is 4.79 Å². The van der Waals surface area contributed by atoms with Crippen molar-refractivity contribution >= 4 is 5.78 Å². The van der Waals surface area contributed by atoms with Gasteiger partial charge < -0.3 is 4.57 Å². The molecule has 0 bridgehead atoms. The molecular weight excluding hydrogens is 234 g/mol. The van der Waals surface area contributed by atoms with E-state index in [-0.39, 0.29) is 5.78 Å². The molecule has 2 nitrogen and oxygen atoms in total. The van der Waals surface area contributed by atoms with Crippen molar-refractivity contribution in [2.24, 2.45) is 0 Å². The molecule has 0 saturated heterocycles. The van der Waals surface area contributed by atoms with Crippen LogP contribution in [-0.2, 0) is 11.2 Å². The van der Waals surface area contributed by atoms with Crippen molar-refractivity contribution in [3.8, 4) is 5.69 Å². The average molecular weight is 255 g/mol. The zero-order valence-corrected chi connectivity index (χ0v) is 12.4. The van der Waals surface area contributed by atoms with Crippen molar-refractivity contribution in [3.63, 3.8) is 0 Å². The van der Waals surface area contributed by atoms with E-state index in [9.17, 15) is 4.79 Å². The van der Waals surface area contributed by atoms with Crippen molar-refractivity contribution in [1.29, 1.82) is 0 Å². The molecule has 0 spiro atoms. The van der Waals surface area contributed by atoms with E-state index in [0.717, 1.165) is 11.3 Å². The van der Waals surface area contributed by atoms with E-state index in [1.165, 1.54) is 22.5 Å². The number of carbonyl (C=O) groups excluding carboxylic acids is 1. The Hall–Kier alpha value is -1.83. The van der Waals surface area contributed by atoms with Crippen LogP contribution in [0.4, 0.5) is 0 Å². The monoisotopic (exact) mass is 255 g/mol. The molecule has 1 heterocycles. The highest BCUT2D eigenvalue weighted by atomic mass is 16.1. The number of benzene rings is 1. The second kappa shape index (κ2) is 5.04. The first-order valence-corrected chi connectivity index (χ1v) is 6.64. The number of hydrogen-bond donors (Lipinski definition) is 0. The van der Waals surface area contributed by atoms with E-state index in [1.807, 2.05) is 0 Å². The molecule has 0 atom stereocenters. The summed E-state index contributed by atoms with van der Waals surface area (Å²) in [5.41, 5.74) is 7.18. The summed E-state index contributed by atoms with van der Waals surface area (Å²) < 4.78 is 2.23. The van der Waals surface area contributed by atoms with Crippen LogP contribution in [0.25, 0.3) is 5.69 Å². The van der Waals surface area contributed by atoms with Gasteiger partial charge in [-0.3, -0.25) is 4.79 Å². The molecule has 0 saturated carbocycles. The Morgan fingerprint density at radius 1 is 1.00 bits per heavy atom. The number of rotatable bonds is 3. The number of carbonyl (C=O) groups is 1. The summed E-state index contributed by atoms with van der Waals surface area (Å²) >= 11 is 0. The Bertz CT molecular complexity index is 615. The molecule has 0 N–H and O–H groups in total. The van der Waals surface area contributed by atoms with Crippen molar-refractivity contribution in [2.75, 3.05) is 0 Å². The number of ketones is 1. The maximum absolute atomic E-state index is 11.3. The molecule has 100 valence electrons. The minimum atomic E-state index is 0.209. The number of aryl methyl sites for hydroxylation is 3. The van der Waals surface area contributed by atoms with Crippen molar-refractivity contribution in [1.82, 2.24) is 4.57 Å². The van der Waals surface area contributed by atoms with Gasteiger partial charge in [0.1, 0.15) is 5.78 Å². The molecule has 2 aromatic rings. The Balaban J connectivity index is 2.56. The molecule has 2 heteroatoms. The maximum Gasteiger partial charge on any atom is 0.134 e. The van der Waals surface area contributed by atoms with Crippen LogP contribution in [-0.4, -0.2) is 10.4 Å². The lowest BCUT2D eigenvalue weighted by molar-refractivity contribution is -0.116. The van der Waals surface area contributed by atoms with Gasteiger partial charge >= 0.3 is 0 Å². The van der Waals surface area contributed by atoms with E-state index in [2.05, 4.69) is 56.5 Å². The first-order valence-electron chi connectivity index (χ1n) is 6.64. The first-order chi connectivity index (χ1) is 8.88. The molecule has 0 radical (unpaired) electrons. The van der Waals surface area contributed by atoms with Gasteiger partial charge in [0, 0.05) is 23.5 Å². The molecular formula is C17H21NO. The van der Waals surface area contributed by atoms with E-state index in [0.29, 0.717) is 6.42 Å². The third kappa shape index (κ3) is 2.78. The fourth-order valence-corrected chi connectivity index (χ4v) is 2.75. The van der Waals surface area contributed by atoms with E-state index in [1.54, 1.807) is 6.92 Å². The first kappa shape index (κ1) is 13.6. The lowest BCUT2D eigenvalue weighted by atomic mass is 10.1. The maximum atomic E-state index is 11.3. The minimum Gasteiger partial charge on any atom is -0.318 e. The molecule has 0 unspecified atom stereocenters. The fraction of sp³-hybridized carbons (Fsp3) is 0.353. The fourth-order valence-electron chi connectivity index (χ4n) is 2.75. The van der Waals surface area contributed by atoms with Crippen LogP contribution in [0, 0.1) is 27.7 Å². The molecule has 0 aliphatic carbocycles. The Kier molecular flexibility index (Phi) is 3.61. The van der Waals surface area contributed by atoms with Crippen LogP contribution in [0.3, 0.4) is 0 Å². The highest BCUT2D eigenvalue weighted by Gasteiger charge is 2.12. The van der Waals surface area contributed by atoms with Gasteiger partial charge in [-0.2, -0.15) is 0 Å². The topological polar surface area (TPSA) is 22.0 Å². The Morgan fingerprint density at radius 3 is 2.11 bits per heavy atom. The molecule has 0 fully saturated rings. The SMILES string of the molecule is CC(=O)Cc1cc(C)n(-c2cc(C)cc(C)c2)c1C. The summed E-state index contributed by atoms with van der Waals surface area (Å²) in [6, 6.07) is 8.66. The molecule has 2 rings (SSSR count). The van der Waals surface area contributed by atoms with Gasteiger partial charge in [-0.15, -0.1) is 0 Å². The largest absolute Gasteiger partial charge is 0.318 e. The minimum absolute atomic E-state index is 0.209. The molecule has 19 heavy (non-hydrogen) atoms. The smallest absolute Gasteiger partial charge is 0.134 e. The van der Waals surface area contributed by atoms with Gasteiger partial charge in [-0.1, -0.05) is 6.07 Å². The van der Waals surface area contributed by atoms with Gasteiger partial charge in [0.2, 0.25) is 0 Å². The summed E-state index contributed by atoms with van der Waals surface area (Å²) in [6.45, 7) is 10.0. The standard InChI is InChI=1S/C17H21NO/c1-11-6-12(2)8-17(7-11)18-13(3)9-16(15(18)5)10-14(4)19/h6-9H,10H2,1-5H3. The lowest BCUT2D eigenvalue weighted by Crippen LogP contribution is -2.02. The van der Waals surface area contributed by atoms with Gasteiger partial charge in [-0.05, 0) is 69.5 Å². The Morgan fingerprint density at radius 2 is 1.58 bits per heavy atom. The van der Waals surface area contributed by atoms with Gasteiger partial charge in [-0.25, -0.2) is 0 Å². The van der Waals surface area contributed by atoms with Crippen LogP contribution in [0.2, 0.25) is 0 Å². The van der Waals surface area contributed by atoms with Crippen LogP contribution >= 0.6 is 0 Å².